The van der Waals surface area contributed by atoms with Gasteiger partial charge in [-0.2, -0.15) is 0 Å². The van der Waals surface area contributed by atoms with Gasteiger partial charge in [0.1, 0.15) is 23.1 Å². The molecule has 0 radical (unpaired) electrons. The summed E-state index contributed by atoms with van der Waals surface area (Å²) in [5.74, 6) is -0.794. The fraction of sp³-hybridized carbons (Fsp3) is 0.148. The summed E-state index contributed by atoms with van der Waals surface area (Å²) < 4.78 is 16.1. The summed E-state index contributed by atoms with van der Waals surface area (Å²) in [5, 5.41) is 13.2. The number of fused-ring (bicyclic) bond motifs is 1. The number of halogens is 1. The minimum Gasteiger partial charge on any atom is -0.497 e. The quantitative estimate of drug-likeness (QED) is 0.324. The second kappa shape index (κ2) is 11.0. The minimum atomic E-state index is -1.17. The Labute approximate surface area is 211 Å². The Balaban J connectivity index is 1.46. The van der Waals surface area contributed by atoms with Gasteiger partial charge < -0.3 is 24.3 Å². The molecule has 9 heteroatoms. The third-order valence-corrected chi connectivity index (χ3v) is 5.73. The number of carboxylic acids is 1. The molecule has 1 amide bonds. The number of carbonyl (C=O) groups is 2. The van der Waals surface area contributed by atoms with Gasteiger partial charge in [-0.25, -0.2) is 9.59 Å². The number of nitrogens with one attached hydrogen (secondary N) is 1. The molecule has 184 valence electrons. The number of rotatable bonds is 9. The van der Waals surface area contributed by atoms with Crippen molar-refractivity contribution in [3.63, 3.8) is 0 Å². The van der Waals surface area contributed by atoms with Crippen LogP contribution < -0.4 is 20.4 Å². The summed E-state index contributed by atoms with van der Waals surface area (Å²) in [6.07, 6.45) is 0.0908. The molecule has 0 saturated heterocycles. The largest absolute Gasteiger partial charge is 0.497 e. The van der Waals surface area contributed by atoms with Crippen LogP contribution in [0, 0.1) is 0 Å². The summed E-state index contributed by atoms with van der Waals surface area (Å²) in [4.78, 5) is 36.2. The van der Waals surface area contributed by atoms with E-state index in [0.717, 1.165) is 5.56 Å². The predicted octanol–water partition coefficient (Wildman–Crippen LogP) is 4.31. The fourth-order valence-corrected chi connectivity index (χ4v) is 3.81. The van der Waals surface area contributed by atoms with E-state index >= 15 is 0 Å². The molecule has 0 fully saturated rings. The lowest BCUT2D eigenvalue weighted by molar-refractivity contribution is -0.142. The highest BCUT2D eigenvalue weighted by molar-refractivity contribution is 6.30. The highest BCUT2D eigenvalue weighted by Gasteiger charge is 2.21. The second-order valence-corrected chi connectivity index (χ2v) is 8.38. The number of ether oxygens (including phenoxy) is 2. The van der Waals surface area contributed by atoms with Crippen molar-refractivity contribution in [2.24, 2.45) is 0 Å². The number of methoxy groups -OCH3 is 1. The third kappa shape index (κ3) is 6.03. The number of hydrogen-bond donors (Lipinski definition) is 2. The number of amides is 1. The van der Waals surface area contributed by atoms with E-state index in [9.17, 15) is 19.5 Å². The van der Waals surface area contributed by atoms with Crippen molar-refractivity contribution in [1.82, 2.24) is 5.32 Å². The molecule has 3 aromatic carbocycles. The summed E-state index contributed by atoms with van der Waals surface area (Å²) >= 11 is 5.86. The molecule has 1 aromatic heterocycles. The Bertz CT molecular complexity index is 1450. The number of carboxylic acid groups (broad SMARTS) is 1. The molecule has 0 saturated carbocycles. The maximum atomic E-state index is 12.4. The minimum absolute atomic E-state index is 0.0908. The normalized spacial score (nSPS) is 11.6. The highest BCUT2D eigenvalue weighted by atomic mass is 35.5. The summed E-state index contributed by atoms with van der Waals surface area (Å²) in [6.45, 7) is -0.418. The topological polar surface area (TPSA) is 115 Å². The van der Waals surface area contributed by atoms with E-state index in [2.05, 4.69) is 5.32 Å². The summed E-state index contributed by atoms with van der Waals surface area (Å²) in [6, 6.07) is 19.1. The Morgan fingerprint density at radius 3 is 2.36 bits per heavy atom. The van der Waals surface area contributed by atoms with Gasteiger partial charge in [0.2, 0.25) is 0 Å². The van der Waals surface area contributed by atoms with E-state index in [1.807, 2.05) is 12.1 Å². The van der Waals surface area contributed by atoms with Gasteiger partial charge in [0.25, 0.3) is 5.91 Å². The van der Waals surface area contributed by atoms with Gasteiger partial charge in [0, 0.05) is 29.0 Å². The molecule has 4 rings (SSSR count). The lowest BCUT2D eigenvalue weighted by Crippen LogP contribution is -2.44. The maximum Gasteiger partial charge on any atom is 0.336 e. The van der Waals surface area contributed by atoms with Crippen LogP contribution in [0.5, 0.6) is 11.5 Å². The van der Waals surface area contributed by atoms with Crippen LogP contribution >= 0.6 is 11.6 Å². The lowest BCUT2D eigenvalue weighted by Gasteiger charge is -2.15. The van der Waals surface area contributed by atoms with E-state index in [4.69, 9.17) is 25.5 Å². The first-order chi connectivity index (χ1) is 17.3. The van der Waals surface area contributed by atoms with E-state index in [-0.39, 0.29) is 17.8 Å². The second-order valence-electron chi connectivity index (χ2n) is 7.94. The summed E-state index contributed by atoms with van der Waals surface area (Å²) in [7, 11) is 1.57. The highest BCUT2D eigenvalue weighted by Crippen LogP contribution is 2.30. The molecule has 1 atom stereocenters. The van der Waals surface area contributed by atoms with Crippen LogP contribution in [0.1, 0.15) is 5.56 Å². The Hall–Kier alpha value is -4.30. The van der Waals surface area contributed by atoms with Gasteiger partial charge in [0.15, 0.2) is 6.61 Å². The van der Waals surface area contributed by atoms with E-state index in [1.165, 1.54) is 12.1 Å². The Kier molecular flexibility index (Phi) is 7.56. The molecule has 0 bridgehead atoms. The molecular formula is C27H22ClNO7. The van der Waals surface area contributed by atoms with Gasteiger partial charge in [-0.05, 0) is 53.1 Å². The van der Waals surface area contributed by atoms with Crippen LogP contribution in [0.3, 0.4) is 0 Å². The average Bonchev–Trinajstić information content (AvgIpc) is 2.87. The van der Waals surface area contributed by atoms with Crippen molar-refractivity contribution in [2.75, 3.05) is 13.7 Å². The first kappa shape index (κ1) is 24.8. The van der Waals surface area contributed by atoms with Crippen molar-refractivity contribution in [3.8, 4) is 22.6 Å². The van der Waals surface area contributed by atoms with E-state index < -0.39 is 30.2 Å². The van der Waals surface area contributed by atoms with Crippen molar-refractivity contribution in [1.29, 1.82) is 0 Å². The fourth-order valence-electron chi connectivity index (χ4n) is 3.68. The smallest absolute Gasteiger partial charge is 0.336 e. The molecule has 0 aliphatic carbocycles. The number of carbonyl (C=O) groups excluding carboxylic acids is 1. The molecule has 2 N–H and O–H groups in total. The van der Waals surface area contributed by atoms with E-state index in [1.54, 1.807) is 55.6 Å². The van der Waals surface area contributed by atoms with Gasteiger partial charge in [0.05, 0.1) is 7.11 Å². The van der Waals surface area contributed by atoms with Gasteiger partial charge >= 0.3 is 11.6 Å². The van der Waals surface area contributed by atoms with Gasteiger partial charge in [-0.15, -0.1) is 0 Å². The van der Waals surface area contributed by atoms with Crippen molar-refractivity contribution in [3.05, 3.63) is 93.8 Å². The number of hydrogen-bond acceptors (Lipinski definition) is 6. The van der Waals surface area contributed by atoms with E-state index in [0.29, 0.717) is 27.3 Å². The van der Waals surface area contributed by atoms with Crippen LogP contribution in [0.4, 0.5) is 0 Å². The molecule has 4 aromatic rings. The zero-order valence-electron chi connectivity index (χ0n) is 19.2. The standard InChI is InChI=1S/C27H22ClNO7/c1-34-19-8-4-17(5-9-19)22-14-26(31)36-24-13-20(10-11-21(22)24)35-15-25(30)29-23(27(32)33)12-16-2-6-18(28)7-3-16/h2-11,13-14,23H,12,15H2,1H3,(H,29,30)(H,32,33)/t23-/m0/s1. The van der Waals surface area contributed by atoms with Crippen LogP contribution in [0.25, 0.3) is 22.1 Å². The Morgan fingerprint density at radius 2 is 1.69 bits per heavy atom. The molecule has 0 spiro atoms. The monoisotopic (exact) mass is 507 g/mol. The van der Waals surface area contributed by atoms with Crippen molar-refractivity contribution < 1.29 is 28.6 Å². The molecule has 0 aliphatic heterocycles. The van der Waals surface area contributed by atoms with Gasteiger partial charge in [-0.1, -0.05) is 35.9 Å². The van der Waals surface area contributed by atoms with Crippen LogP contribution in [0.2, 0.25) is 5.02 Å². The van der Waals surface area contributed by atoms with Gasteiger partial charge in [-0.3, -0.25) is 4.79 Å². The van der Waals surface area contributed by atoms with Crippen LogP contribution in [-0.4, -0.2) is 36.7 Å². The first-order valence-corrected chi connectivity index (χ1v) is 11.3. The molecular weight excluding hydrogens is 486 g/mol. The molecule has 0 unspecified atom stereocenters. The van der Waals surface area contributed by atoms with Crippen molar-refractivity contribution >= 4 is 34.4 Å². The SMILES string of the molecule is COc1ccc(-c2cc(=O)oc3cc(OCC(=O)N[C@@H](Cc4ccc(Cl)cc4)C(=O)O)ccc23)cc1. The van der Waals surface area contributed by atoms with Crippen LogP contribution in [0.15, 0.2) is 82.0 Å². The number of aliphatic carboxylic acids is 1. The zero-order chi connectivity index (χ0) is 25.7. The molecule has 36 heavy (non-hydrogen) atoms. The Morgan fingerprint density at radius 1 is 1.00 bits per heavy atom. The summed E-state index contributed by atoms with van der Waals surface area (Å²) in [5.41, 5.74) is 1.96. The average molecular weight is 508 g/mol. The predicted molar refractivity (Wildman–Crippen MR) is 135 cm³/mol. The molecule has 1 heterocycles. The molecule has 8 nitrogen and oxygen atoms in total. The first-order valence-electron chi connectivity index (χ1n) is 10.9. The zero-order valence-corrected chi connectivity index (χ0v) is 20.0. The third-order valence-electron chi connectivity index (χ3n) is 5.47. The molecule has 0 aliphatic rings. The maximum absolute atomic E-state index is 12.4. The lowest BCUT2D eigenvalue weighted by atomic mass is 10.0. The van der Waals surface area contributed by atoms with Crippen molar-refractivity contribution in [2.45, 2.75) is 12.5 Å². The number of benzene rings is 3. The van der Waals surface area contributed by atoms with Crippen LogP contribution in [-0.2, 0) is 16.0 Å².